The Morgan fingerprint density at radius 3 is 1.41 bits per heavy atom. The normalized spacial score (nSPS) is 11.4. The lowest BCUT2D eigenvalue weighted by atomic mass is 10.2. The molecular weight excluding hydrogens is 394 g/mol. The number of rotatable bonds is 8. The average Bonchev–Trinajstić information content (AvgIpc) is 2.76. The molecule has 1 atom stereocenters. The lowest BCUT2D eigenvalue weighted by Gasteiger charge is -2.21. The molecule has 3 rings (SSSR count). The van der Waals surface area contributed by atoms with Crippen molar-refractivity contribution in [1.29, 1.82) is 0 Å². The summed E-state index contributed by atoms with van der Waals surface area (Å²) < 4.78 is 33.2. The quantitative estimate of drug-likeness (QED) is 0.324. The highest BCUT2D eigenvalue weighted by atomic mass is 32.2. The fourth-order valence-electron chi connectivity index (χ4n) is 2.74. The third kappa shape index (κ3) is 4.53. The number of nitrogens with zero attached hydrogens (tertiary/aromatic N) is 3. The number of anilines is 4. The first-order valence-corrected chi connectivity index (χ1v) is 9.56. The van der Waals surface area contributed by atoms with Crippen molar-refractivity contribution in [2.45, 2.75) is 0 Å². The number of ether oxygens (including phenoxy) is 2. The first kappa shape index (κ1) is 20.3. The van der Waals surface area contributed by atoms with Gasteiger partial charge in [-0.3, -0.25) is 4.55 Å². The molecule has 0 aliphatic heterocycles. The van der Waals surface area contributed by atoms with Gasteiger partial charge < -0.3 is 9.47 Å². The van der Waals surface area contributed by atoms with Crippen molar-refractivity contribution in [1.82, 2.24) is 0 Å². The van der Waals surface area contributed by atoms with Gasteiger partial charge in [0.25, 0.3) is 11.3 Å². The molecular formula is C20H19N3O5S. The number of nitroso groups, excluding NO2 is 1. The van der Waals surface area contributed by atoms with Gasteiger partial charge in [-0.05, 0) is 72.8 Å². The Hall–Kier alpha value is -3.43. The minimum absolute atomic E-state index is 0.473. The van der Waals surface area contributed by atoms with Crippen LogP contribution in [-0.4, -0.2) is 23.0 Å². The molecule has 0 heterocycles. The molecule has 0 fully saturated rings. The summed E-state index contributed by atoms with van der Waals surface area (Å²) in [5.74, 6) is 1.30. The van der Waals surface area contributed by atoms with E-state index in [0.29, 0.717) is 34.2 Å². The van der Waals surface area contributed by atoms with Crippen LogP contribution in [0.2, 0.25) is 0 Å². The van der Waals surface area contributed by atoms with E-state index in [1.807, 2.05) is 0 Å². The van der Waals surface area contributed by atoms with Crippen molar-refractivity contribution in [3.63, 3.8) is 0 Å². The van der Waals surface area contributed by atoms with Crippen LogP contribution in [0, 0.1) is 4.91 Å². The molecule has 0 aliphatic rings. The van der Waals surface area contributed by atoms with E-state index < -0.39 is 11.3 Å². The second-order valence-corrected chi connectivity index (χ2v) is 6.66. The van der Waals surface area contributed by atoms with Crippen LogP contribution in [0.1, 0.15) is 0 Å². The van der Waals surface area contributed by atoms with Crippen LogP contribution in [0.5, 0.6) is 11.5 Å². The number of hydrogen-bond acceptors (Lipinski definition) is 5. The Kier molecular flexibility index (Phi) is 6.43. The monoisotopic (exact) mass is 413 g/mol. The molecule has 1 unspecified atom stereocenters. The Morgan fingerprint density at radius 1 is 0.724 bits per heavy atom. The smallest absolute Gasteiger partial charge is 0.266 e. The Balaban J connectivity index is 1.89. The van der Waals surface area contributed by atoms with Gasteiger partial charge in [-0.25, -0.2) is 8.51 Å². The average molecular weight is 413 g/mol. The van der Waals surface area contributed by atoms with E-state index in [2.05, 4.69) is 5.29 Å². The van der Waals surface area contributed by atoms with Crippen molar-refractivity contribution in [3.05, 3.63) is 77.7 Å². The fourth-order valence-corrected chi connectivity index (χ4v) is 3.35. The molecule has 0 bridgehead atoms. The molecule has 3 aromatic rings. The molecule has 1 N–H and O–H groups in total. The van der Waals surface area contributed by atoms with Gasteiger partial charge in [0, 0.05) is 0 Å². The van der Waals surface area contributed by atoms with Gasteiger partial charge in [0.2, 0.25) is 0 Å². The van der Waals surface area contributed by atoms with Crippen LogP contribution < -0.4 is 18.8 Å². The summed E-state index contributed by atoms with van der Waals surface area (Å²) in [6.07, 6.45) is 0. The predicted octanol–water partition coefficient (Wildman–Crippen LogP) is 4.80. The first-order chi connectivity index (χ1) is 14.1. The molecule has 0 saturated carbocycles. The summed E-state index contributed by atoms with van der Waals surface area (Å²) >= 11 is -2.29. The SMILES string of the molecule is COc1ccc(N(N=O)c2ccc(N(c3ccc(OC)cc3)S(=O)O)cc2)cc1. The van der Waals surface area contributed by atoms with Crippen molar-refractivity contribution in [3.8, 4) is 11.5 Å². The summed E-state index contributed by atoms with van der Waals surface area (Å²) in [7, 11) is 3.11. The summed E-state index contributed by atoms with van der Waals surface area (Å²) in [4.78, 5) is 11.4. The molecule has 29 heavy (non-hydrogen) atoms. The molecule has 0 amide bonds. The summed E-state index contributed by atoms with van der Waals surface area (Å²) in [6.45, 7) is 0. The van der Waals surface area contributed by atoms with Gasteiger partial charge in [-0.15, -0.1) is 4.91 Å². The van der Waals surface area contributed by atoms with E-state index in [9.17, 15) is 13.7 Å². The molecule has 3 aromatic carbocycles. The van der Waals surface area contributed by atoms with Crippen LogP contribution in [0.15, 0.2) is 78.1 Å². The highest BCUT2D eigenvalue weighted by Crippen LogP contribution is 2.32. The van der Waals surface area contributed by atoms with Crippen molar-refractivity contribution in [2.24, 2.45) is 5.29 Å². The Labute approximate surface area is 170 Å². The minimum Gasteiger partial charge on any atom is -0.497 e. The molecule has 8 nitrogen and oxygen atoms in total. The molecule has 0 aliphatic carbocycles. The molecule has 150 valence electrons. The van der Waals surface area contributed by atoms with E-state index in [0.717, 1.165) is 0 Å². The third-order valence-electron chi connectivity index (χ3n) is 4.19. The number of methoxy groups -OCH3 is 2. The second kappa shape index (κ2) is 9.18. The van der Waals surface area contributed by atoms with Crippen LogP contribution in [0.3, 0.4) is 0 Å². The molecule has 0 spiro atoms. The minimum atomic E-state index is -2.29. The maximum absolute atomic E-state index is 11.9. The molecule has 0 aromatic heterocycles. The zero-order valence-corrected chi connectivity index (χ0v) is 16.6. The van der Waals surface area contributed by atoms with Gasteiger partial charge >= 0.3 is 0 Å². The third-order valence-corrected chi connectivity index (χ3v) is 4.92. The summed E-state index contributed by atoms with van der Waals surface area (Å²) in [5.41, 5.74) is 2.05. The maximum Gasteiger partial charge on any atom is 0.266 e. The highest BCUT2D eigenvalue weighted by Gasteiger charge is 2.17. The van der Waals surface area contributed by atoms with Crippen LogP contribution in [0.25, 0.3) is 0 Å². The van der Waals surface area contributed by atoms with Crippen LogP contribution in [0.4, 0.5) is 22.7 Å². The van der Waals surface area contributed by atoms with Gasteiger partial charge in [-0.2, -0.15) is 5.01 Å². The second-order valence-electron chi connectivity index (χ2n) is 5.83. The number of hydrogen-bond donors (Lipinski definition) is 1. The Morgan fingerprint density at radius 2 is 1.07 bits per heavy atom. The summed E-state index contributed by atoms with van der Waals surface area (Å²) in [6, 6.07) is 20.2. The fraction of sp³-hybridized carbons (Fsp3) is 0.100. The van der Waals surface area contributed by atoms with Crippen LogP contribution in [-0.2, 0) is 11.3 Å². The molecule has 0 radical (unpaired) electrons. The lowest BCUT2D eigenvalue weighted by molar-refractivity contribution is 0.414. The lowest BCUT2D eigenvalue weighted by Crippen LogP contribution is -2.19. The van der Waals surface area contributed by atoms with E-state index in [1.165, 1.54) is 9.31 Å². The largest absolute Gasteiger partial charge is 0.497 e. The van der Waals surface area contributed by atoms with E-state index in [1.54, 1.807) is 87.0 Å². The van der Waals surface area contributed by atoms with E-state index >= 15 is 0 Å². The molecule has 9 heteroatoms. The zero-order valence-electron chi connectivity index (χ0n) is 15.8. The maximum atomic E-state index is 11.9. The van der Waals surface area contributed by atoms with E-state index in [4.69, 9.17) is 9.47 Å². The van der Waals surface area contributed by atoms with Gasteiger partial charge in [-0.1, -0.05) is 0 Å². The first-order valence-electron chi connectivity index (χ1n) is 8.50. The molecule has 0 saturated heterocycles. The predicted molar refractivity (Wildman–Crippen MR) is 113 cm³/mol. The standard InChI is InChI=1S/C20H19N3O5S/c1-27-19-11-7-16(8-12-19)22(21-24)15-3-5-17(6-4-15)23(29(25)26)18-9-13-20(28-2)14-10-18/h3-14H,1-2H3,(H,25,26). The number of benzene rings is 3. The van der Waals surface area contributed by atoms with Gasteiger partial charge in [0.05, 0.1) is 42.3 Å². The van der Waals surface area contributed by atoms with Gasteiger partial charge in [0.15, 0.2) is 0 Å². The topological polar surface area (TPSA) is 91.7 Å². The zero-order chi connectivity index (χ0) is 20.8. The van der Waals surface area contributed by atoms with Crippen molar-refractivity contribution in [2.75, 3.05) is 23.5 Å². The van der Waals surface area contributed by atoms with Crippen molar-refractivity contribution >= 4 is 34.0 Å². The van der Waals surface area contributed by atoms with Crippen molar-refractivity contribution < 1.29 is 18.2 Å². The highest BCUT2D eigenvalue weighted by molar-refractivity contribution is 7.81. The Bertz CT molecular complexity index is 979. The van der Waals surface area contributed by atoms with E-state index in [-0.39, 0.29) is 0 Å². The van der Waals surface area contributed by atoms with Gasteiger partial charge in [0.1, 0.15) is 11.5 Å². The summed E-state index contributed by atoms with van der Waals surface area (Å²) in [5, 5.41) is 4.30. The van der Waals surface area contributed by atoms with Crippen LogP contribution >= 0.6 is 0 Å².